The first-order chi connectivity index (χ1) is 6.67. The summed E-state index contributed by atoms with van der Waals surface area (Å²) in [5.41, 5.74) is 1.02. The lowest BCUT2D eigenvalue weighted by Crippen LogP contribution is -2.23. The molecule has 0 fully saturated rings. The summed E-state index contributed by atoms with van der Waals surface area (Å²) in [5.74, 6) is 0.356. The van der Waals surface area contributed by atoms with Gasteiger partial charge in [-0.15, -0.1) is 0 Å². The van der Waals surface area contributed by atoms with Gasteiger partial charge in [-0.3, -0.25) is 0 Å². The summed E-state index contributed by atoms with van der Waals surface area (Å²) in [7, 11) is 3.46. The smallest absolute Gasteiger partial charge is 0.126 e. The van der Waals surface area contributed by atoms with Gasteiger partial charge in [0.15, 0.2) is 0 Å². The SMILES string of the molecule is CNC(C)Cc1ccc(F)cc1OC. The molecular formula is C11H16FNO. The maximum absolute atomic E-state index is 12.9. The first-order valence-electron chi connectivity index (χ1n) is 4.67. The van der Waals surface area contributed by atoms with E-state index in [-0.39, 0.29) is 5.82 Å². The largest absolute Gasteiger partial charge is 0.496 e. The van der Waals surface area contributed by atoms with E-state index in [1.54, 1.807) is 13.2 Å². The van der Waals surface area contributed by atoms with E-state index in [2.05, 4.69) is 12.2 Å². The van der Waals surface area contributed by atoms with E-state index in [1.807, 2.05) is 7.05 Å². The Hall–Kier alpha value is -1.09. The topological polar surface area (TPSA) is 21.3 Å². The van der Waals surface area contributed by atoms with Crippen LogP contribution in [0.3, 0.4) is 0 Å². The fraction of sp³-hybridized carbons (Fsp3) is 0.455. The van der Waals surface area contributed by atoms with Gasteiger partial charge in [0.1, 0.15) is 11.6 Å². The molecule has 0 saturated carbocycles. The maximum Gasteiger partial charge on any atom is 0.126 e. The quantitative estimate of drug-likeness (QED) is 0.797. The zero-order valence-corrected chi connectivity index (χ0v) is 8.80. The Labute approximate surface area is 84.1 Å². The monoisotopic (exact) mass is 197 g/mol. The van der Waals surface area contributed by atoms with Gasteiger partial charge in [-0.05, 0) is 32.0 Å². The molecule has 0 aliphatic carbocycles. The lowest BCUT2D eigenvalue weighted by atomic mass is 10.1. The van der Waals surface area contributed by atoms with Crippen molar-refractivity contribution in [3.63, 3.8) is 0 Å². The third-order valence-electron chi connectivity index (χ3n) is 2.27. The average molecular weight is 197 g/mol. The van der Waals surface area contributed by atoms with E-state index in [1.165, 1.54) is 12.1 Å². The van der Waals surface area contributed by atoms with Crippen LogP contribution >= 0.6 is 0 Å². The Balaban J connectivity index is 2.85. The molecule has 0 radical (unpaired) electrons. The third kappa shape index (κ3) is 2.70. The van der Waals surface area contributed by atoms with Crippen molar-refractivity contribution in [1.82, 2.24) is 5.32 Å². The fourth-order valence-electron chi connectivity index (χ4n) is 1.32. The molecule has 0 spiro atoms. The second-order valence-corrected chi connectivity index (χ2v) is 3.35. The van der Waals surface area contributed by atoms with Crippen molar-refractivity contribution in [3.8, 4) is 5.75 Å². The van der Waals surface area contributed by atoms with Crippen molar-refractivity contribution in [2.45, 2.75) is 19.4 Å². The highest BCUT2D eigenvalue weighted by Gasteiger charge is 2.07. The van der Waals surface area contributed by atoms with Gasteiger partial charge in [0, 0.05) is 12.1 Å². The molecular weight excluding hydrogens is 181 g/mol. The molecule has 2 nitrogen and oxygen atoms in total. The Kier molecular flexibility index (Phi) is 3.89. The minimum absolute atomic E-state index is 0.261. The summed E-state index contributed by atoms with van der Waals surface area (Å²) in [6, 6.07) is 4.99. The summed E-state index contributed by atoms with van der Waals surface area (Å²) in [4.78, 5) is 0. The van der Waals surface area contributed by atoms with Crippen LogP contribution in [-0.4, -0.2) is 20.2 Å². The van der Waals surface area contributed by atoms with Crippen molar-refractivity contribution in [1.29, 1.82) is 0 Å². The molecule has 0 saturated heterocycles. The Morgan fingerprint density at radius 3 is 2.79 bits per heavy atom. The maximum atomic E-state index is 12.9. The molecule has 0 heterocycles. The average Bonchev–Trinajstić information content (AvgIpc) is 2.20. The second-order valence-electron chi connectivity index (χ2n) is 3.35. The van der Waals surface area contributed by atoms with Crippen LogP contribution in [0.4, 0.5) is 4.39 Å². The normalized spacial score (nSPS) is 12.6. The second kappa shape index (κ2) is 4.96. The van der Waals surface area contributed by atoms with E-state index < -0.39 is 0 Å². The lowest BCUT2D eigenvalue weighted by Gasteiger charge is -2.13. The van der Waals surface area contributed by atoms with Gasteiger partial charge >= 0.3 is 0 Å². The van der Waals surface area contributed by atoms with Crippen LogP contribution in [0.2, 0.25) is 0 Å². The third-order valence-corrected chi connectivity index (χ3v) is 2.27. The van der Waals surface area contributed by atoms with Crippen LogP contribution in [0.15, 0.2) is 18.2 Å². The molecule has 0 bridgehead atoms. The molecule has 0 aromatic heterocycles. The first-order valence-corrected chi connectivity index (χ1v) is 4.67. The van der Waals surface area contributed by atoms with Crippen LogP contribution in [0, 0.1) is 5.82 Å². The molecule has 1 aromatic carbocycles. The van der Waals surface area contributed by atoms with Crippen molar-refractivity contribution >= 4 is 0 Å². The minimum atomic E-state index is -0.261. The molecule has 1 aromatic rings. The molecule has 1 atom stereocenters. The highest BCUT2D eigenvalue weighted by atomic mass is 19.1. The molecule has 1 rings (SSSR count). The molecule has 0 aliphatic heterocycles. The number of ether oxygens (including phenoxy) is 1. The summed E-state index contributed by atoms with van der Waals surface area (Å²) >= 11 is 0. The number of halogens is 1. The Morgan fingerprint density at radius 2 is 2.21 bits per heavy atom. The predicted molar refractivity (Wildman–Crippen MR) is 55.2 cm³/mol. The first kappa shape index (κ1) is 11.0. The van der Waals surface area contributed by atoms with Crippen LogP contribution < -0.4 is 10.1 Å². The van der Waals surface area contributed by atoms with Crippen molar-refractivity contribution < 1.29 is 9.13 Å². The van der Waals surface area contributed by atoms with Gasteiger partial charge in [-0.2, -0.15) is 0 Å². The number of rotatable bonds is 4. The summed E-state index contributed by atoms with van der Waals surface area (Å²) in [6.45, 7) is 2.07. The number of nitrogens with one attached hydrogen (secondary N) is 1. The van der Waals surface area contributed by atoms with E-state index in [9.17, 15) is 4.39 Å². The molecule has 0 amide bonds. The van der Waals surface area contributed by atoms with Crippen LogP contribution in [-0.2, 0) is 6.42 Å². The standard InChI is InChI=1S/C11H16FNO/c1-8(13-2)6-9-4-5-10(12)7-11(9)14-3/h4-5,7-8,13H,6H2,1-3H3. The van der Waals surface area contributed by atoms with Gasteiger partial charge in [-0.1, -0.05) is 6.07 Å². The highest BCUT2D eigenvalue weighted by molar-refractivity contribution is 5.34. The van der Waals surface area contributed by atoms with Gasteiger partial charge in [0.25, 0.3) is 0 Å². The molecule has 1 N–H and O–H groups in total. The summed E-state index contributed by atoms with van der Waals surface area (Å²) < 4.78 is 18.0. The minimum Gasteiger partial charge on any atom is -0.496 e. The van der Waals surface area contributed by atoms with Gasteiger partial charge in [0.2, 0.25) is 0 Å². The number of hydrogen-bond acceptors (Lipinski definition) is 2. The van der Waals surface area contributed by atoms with Crippen LogP contribution in [0.25, 0.3) is 0 Å². The fourth-order valence-corrected chi connectivity index (χ4v) is 1.32. The van der Waals surface area contributed by atoms with Gasteiger partial charge in [-0.25, -0.2) is 4.39 Å². The zero-order chi connectivity index (χ0) is 10.6. The van der Waals surface area contributed by atoms with Gasteiger partial charge in [0.05, 0.1) is 7.11 Å². The summed E-state index contributed by atoms with van der Waals surface area (Å²) in [6.07, 6.45) is 0.833. The predicted octanol–water partition coefficient (Wildman–Crippen LogP) is 1.98. The molecule has 1 unspecified atom stereocenters. The number of likely N-dealkylation sites (N-methyl/N-ethyl adjacent to an activating group) is 1. The van der Waals surface area contributed by atoms with Crippen LogP contribution in [0.5, 0.6) is 5.75 Å². The Bertz CT molecular complexity index is 301. The molecule has 0 aliphatic rings. The molecule has 78 valence electrons. The molecule has 3 heteroatoms. The van der Waals surface area contributed by atoms with Crippen LogP contribution in [0.1, 0.15) is 12.5 Å². The van der Waals surface area contributed by atoms with Crippen molar-refractivity contribution in [2.75, 3.05) is 14.2 Å². The summed E-state index contributed by atoms with van der Waals surface area (Å²) in [5, 5.41) is 3.13. The Morgan fingerprint density at radius 1 is 1.50 bits per heavy atom. The van der Waals surface area contributed by atoms with Gasteiger partial charge < -0.3 is 10.1 Å². The zero-order valence-electron chi connectivity index (χ0n) is 8.80. The van der Waals surface area contributed by atoms with E-state index in [4.69, 9.17) is 4.74 Å². The van der Waals surface area contributed by atoms with Crippen molar-refractivity contribution in [3.05, 3.63) is 29.6 Å². The lowest BCUT2D eigenvalue weighted by molar-refractivity contribution is 0.403. The number of hydrogen-bond donors (Lipinski definition) is 1. The van der Waals surface area contributed by atoms with Crippen molar-refractivity contribution in [2.24, 2.45) is 0 Å². The highest BCUT2D eigenvalue weighted by Crippen LogP contribution is 2.20. The number of methoxy groups -OCH3 is 1. The van der Waals surface area contributed by atoms with E-state index >= 15 is 0 Å². The molecule has 14 heavy (non-hydrogen) atoms. The number of benzene rings is 1. The van der Waals surface area contributed by atoms with E-state index in [0.717, 1.165) is 12.0 Å². The van der Waals surface area contributed by atoms with E-state index in [0.29, 0.717) is 11.8 Å².